The lowest BCUT2D eigenvalue weighted by Crippen LogP contribution is -2.76. The first-order valence-electron chi connectivity index (χ1n) is 11.0. The van der Waals surface area contributed by atoms with E-state index in [0.29, 0.717) is 6.42 Å². The van der Waals surface area contributed by atoms with Crippen molar-refractivity contribution in [2.75, 3.05) is 5.73 Å². The highest BCUT2D eigenvalue weighted by atomic mass is 32.2. The van der Waals surface area contributed by atoms with E-state index >= 15 is 0 Å². The average molecular weight is 535 g/mol. The average Bonchev–Trinajstić information content (AvgIpc) is 3.30. The second-order valence-electron chi connectivity index (χ2n) is 8.87. The lowest BCUT2D eigenvalue weighted by molar-refractivity contribution is -0.214. The molecule has 4 rings (SSSR count). The number of nitrogens with zero attached hydrogens (tertiary/aromatic N) is 3. The number of thiazole rings is 1. The molecule has 0 aliphatic carbocycles. The number of ether oxygens (including phenoxy) is 1. The summed E-state index contributed by atoms with van der Waals surface area (Å²) in [6.07, 6.45) is 1.88. The lowest BCUT2D eigenvalue weighted by Gasteiger charge is -2.50. The number of hydrogen-bond donors (Lipinski definition) is 4. The number of fused-ring (bicyclic) bond motifs is 1. The molecule has 1 saturated heterocycles. The maximum atomic E-state index is 13.2. The number of aromatic nitrogens is 1. The molecule has 0 saturated carbocycles. The van der Waals surface area contributed by atoms with Crippen molar-refractivity contribution in [3.8, 4) is 5.75 Å². The summed E-state index contributed by atoms with van der Waals surface area (Å²) in [5, 5.41) is 16.9. The molecule has 0 spiro atoms. The Hall–Kier alpha value is -3.20. The zero-order chi connectivity index (χ0) is 26.0. The van der Waals surface area contributed by atoms with E-state index in [-0.39, 0.29) is 35.0 Å². The molecule has 12 nitrogen and oxygen atoms in total. The summed E-state index contributed by atoms with van der Waals surface area (Å²) in [7, 11) is 0. The standard InChI is InChI=1S/C22H26N6O6S2/c1-11(15-7-5-13-8-12(9-23)4-6-16(13)32-15)33-27-17(14-10-35-21(24)25-14)19(29)26-18-20(30)28(34-36-31)22(18,2)3/h4,6,8-11,15,18,23,31H,5,7H2,1-3H3,(H2,24,25)(H,26,29)/b23-9?,27-17-. The number of carbonyl (C=O) groups excluding carboxylic acids is 2. The van der Waals surface area contributed by atoms with Crippen LogP contribution in [0.1, 0.15) is 44.0 Å². The SMILES string of the molecule is CC(O/N=C(\C(=O)NC1C(=O)N(OSO)C1(C)C)c1csc(N)n1)C1CCc2cc(C=N)ccc2O1. The highest BCUT2D eigenvalue weighted by Gasteiger charge is 2.57. The van der Waals surface area contributed by atoms with Crippen LogP contribution in [0.25, 0.3) is 0 Å². The smallest absolute Gasteiger partial charge is 0.276 e. The van der Waals surface area contributed by atoms with Crippen molar-refractivity contribution in [2.45, 2.75) is 57.4 Å². The molecular formula is C22H26N6O6S2. The second-order valence-corrected chi connectivity index (χ2v) is 10.1. The van der Waals surface area contributed by atoms with Crippen molar-refractivity contribution in [1.29, 1.82) is 5.41 Å². The Morgan fingerprint density at radius 3 is 2.94 bits per heavy atom. The second kappa shape index (κ2) is 10.4. The predicted octanol–water partition coefficient (Wildman–Crippen LogP) is 2.38. The molecule has 5 N–H and O–H groups in total. The molecule has 14 heteroatoms. The summed E-state index contributed by atoms with van der Waals surface area (Å²) in [5.74, 6) is -0.480. The summed E-state index contributed by atoms with van der Waals surface area (Å²) in [4.78, 5) is 35.4. The van der Waals surface area contributed by atoms with Crippen LogP contribution in [0.15, 0.2) is 28.7 Å². The van der Waals surface area contributed by atoms with Crippen LogP contribution in [0.5, 0.6) is 5.75 Å². The maximum Gasteiger partial charge on any atom is 0.276 e. The number of carbonyl (C=O) groups is 2. The number of hydroxylamine groups is 2. The molecule has 1 aromatic heterocycles. The number of anilines is 1. The third-order valence-corrected chi connectivity index (χ3v) is 6.99. The van der Waals surface area contributed by atoms with Gasteiger partial charge >= 0.3 is 0 Å². The van der Waals surface area contributed by atoms with Crippen LogP contribution in [0.2, 0.25) is 0 Å². The van der Waals surface area contributed by atoms with Gasteiger partial charge in [-0.05, 0) is 62.9 Å². The number of nitrogens with two attached hydrogens (primary N) is 1. The lowest BCUT2D eigenvalue weighted by atomic mass is 9.84. The van der Waals surface area contributed by atoms with Gasteiger partial charge in [-0.1, -0.05) is 5.16 Å². The molecule has 3 heterocycles. The molecule has 1 fully saturated rings. The maximum absolute atomic E-state index is 13.2. The highest BCUT2D eigenvalue weighted by Crippen LogP contribution is 2.34. The van der Waals surface area contributed by atoms with Crippen molar-refractivity contribution in [3.05, 3.63) is 40.4 Å². The van der Waals surface area contributed by atoms with Gasteiger partial charge in [0.2, 0.25) is 0 Å². The number of rotatable bonds is 9. The number of hydrogen-bond acceptors (Lipinski definition) is 12. The number of benzene rings is 1. The minimum Gasteiger partial charge on any atom is -0.486 e. The van der Waals surface area contributed by atoms with Crippen LogP contribution in [-0.2, 0) is 25.1 Å². The Balaban J connectivity index is 1.48. The van der Waals surface area contributed by atoms with Gasteiger partial charge in [0.15, 0.2) is 29.3 Å². The first-order valence-corrected chi connectivity index (χ1v) is 12.6. The van der Waals surface area contributed by atoms with E-state index in [9.17, 15) is 9.59 Å². The zero-order valence-corrected chi connectivity index (χ0v) is 21.4. The van der Waals surface area contributed by atoms with E-state index in [1.165, 1.54) is 6.21 Å². The summed E-state index contributed by atoms with van der Waals surface area (Å²) >= 11 is 1.18. The van der Waals surface area contributed by atoms with Crippen LogP contribution in [0.3, 0.4) is 0 Å². The fraction of sp³-hybridized carbons (Fsp3) is 0.409. The Bertz CT molecular complexity index is 1200. The van der Waals surface area contributed by atoms with Gasteiger partial charge in [-0.25, -0.2) is 4.98 Å². The molecule has 1 aromatic carbocycles. The third kappa shape index (κ3) is 5.02. The normalized spacial score (nSPS) is 21.6. The molecule has 36 heavy (non-hydrogen) atoms. The summed E-state index contributed by atoms with van der Waals surface area (Å²) < 4.78 is 19.8. The van der Waals surface area contributed by atoms with Gasteiger partial charge in [-0.3, -0.25) is 9.59 Å². The molecule has 3 atom stereocenters. The molecule has 2 aliphatic heterocycles. The van der Waals surface area contributed by atoms with Crippen LogP contribution in [-0.4, -0.2) is 62.1 Å². The van der Waals surface area contributed by atoms with Crippen molar-refractivity contribution in [1.82, 2.24) is 15.4 Å². The number of nitrogens with one attached hydrogen (secondary N) is 2. The van der Waals surface area contributed by atoms with Gasteiger partial charge in [-0.2, -0.15) is 9.35 Å². The minimum atomic E-state index is -0.917. The molecule has 2 amide bonds. The number of aryl methyl sites for hydroxylation is 1. The van der Waals surface area contributed by atoms with Crippen molar-refractivity contribution < 1.29 is 28.0 Å². The number of amides is 2. The Labute approximate surface area is 215 Å². The monoisotopic (exact) mass is 534 g/mol. The summed E-state index contributed by atoms with van der Waals surface area (Å²) in [6.45, 7) is 5.14. The Morgan fingerprint density at radius 1 is 1.53 bits per heavy atom. The van der Waals surface area contributed by atoms with E-state index in [1.54, 1.807) is 26.2 Å². The summed E-state index contributed by atoms with van der Waals surface area (Å²) in [6, 6.07) is 4.64. The Morgan fingerprint density at radius 2 is 2.31 bits per heavy atom. The van der Waals surface area contributed by atoms with E-state index in [1.807, 2.05) is 18.2 Å². The van der Waals surface area contributed by atoms with Crippen LogP contribution < -0.4 is 15.8 Å². The topological polar surface area (TPSA) is 172 Å². The van der Waals surface area contributed by atoms with Gasteiger partial charge in [0.05, 0.1) is 5.54 Å². The van der Waals surface area contributed by atoms with Crippen LogP contribution in [0.4, 0.5) is 5.13 Å². The number of nitrogen functional groups attached to an aromatic ring is 1. The molecule has 2 aromatic rings. The van der Waals surface area contributed by atoms with E-state index in [4.69, 9.17) is 29.6 Å². The molecule has 192 valence electrons. The minimum absolute atomic E-state index is 0.0452. The Kier molecular flexibility index (Phi) is 7.49. The van der Waals surface area contributed by atoms with Gasteiger partial charge < -0.3 is 30.6 Å². The van der Waals surface area contributed by atoms with Crippen molar-refractivity contribution >= 4 is 52.5 Å². The van der Waals surface area contributed by atoms with Crippen LogP contribution >= 0.6 is 23.7 Å². The van der Waals surface area contributed by atoms with Gasteiger partial charge in [0, 0.05) is 11.6 Å². The van der Waals surface area contributed by atoms with E-state index in [2.05, 4.69) is 15.5 Å². The van der Waals surface area contributed by atoms with Crippen molar-refractivity contribution in [2.24, 2.45) is 5.16 Å². The van der Waals surface area contributed by atoms with Crippen LogP contribution in [0, 0.1) is 5.41 Å². The molecule has 0 bridgehead atoms. The molecule has 2 aliphatic rings. The van der Waals surface area contributed by atoms with Gasteiger partial charge in [0.1, 0.15) is 23.6 Å². The quantitative estimate of drug-likeness (QED) is 0.163. The van der Waals surface area contributed by atoms with Gasteiger partial charge in [0.25, 0.3) is 11.8 Å². The molecule has 3 unspecified atom stereocenters. The van der Waals surface area contributed by atoms with E-state index < -0.39 is 29.5 Å². The van der Waals surface area contributed by atoms with Crippen molar-refractivity contribution in [3.63, 3.8) is 0 Å². The highest BCUT2D eigenvalue weighted by molar-refractivity contribution is 7.88. The number of oxime groups is 1. The predicted molar refractivity (Wildman–Crippen MR) is 135 cm³/mol. The van der Waals surface area contributed by atoms with Gasteiger partial charge in [-0.15, -0.1) is 11.3 Å². The van der Waals surface area contributed by atoms with E-state index in [0.717, 1.165) is 39.7 Å². The first-order chi connectivity index (χ1) is 17.1. The molecule has 0 radical (unpaired) electrons. The first kappa shape index (κ1) is 25.9. The fourth-order valence-corrected chi connectivity index (χ4v) is 4.89. The zero-order valence-electron chi connectivity index (χ0n) is 19.8. The number of β-lactam (4-membered cyclic amide) rings is 1. The fourth-order valence-electron chi connectivity index (χ4n) is 4.01. The largest absolute Gasteiger partial charge is 0.486 e. The molecular weight excluding hydrogens is 508 g/mol. The summed E-state index contributed by atoms with van der Waals surface area (Å²) in [5.41, 5.74) is 6.74. The third-order valence-electron chi connectivity index (χ3n) is 6.10.